The van der Waals surface area contributed by atoms with E-state index in [2.05, 4.69) is 38.3 Å². The fourth-order valence-electron chi connectivity index (χ4n) is 1.49. The normalized spacial score (nSPS) is 19.3. The maximum atomic E-state index is 10.1. The maximum Gasteiger partial charge on any atom is 0.320 e. The molecule has 1 aliphatic rings. The third-order valence-electron chi connectivity index (χ3n) is 2.35. The molecule has 102 valence electrons. The molecule has 0 saturated carbocycles. The van der Waals surface area contributed by atoms with Gasteiger partial charge in [-0.3, -0.25) is 4.79 Å². The molecule has 1 atom stereocenters. The maximum absolute atomic E-state index is 10.1. The Morgan fingerprint density at radius 1 is 1.29 bits per heavy atom. The minimum Gasteiger partial charge on any atom is -0.662 e. The van der Waals surface area contributed by atoms with Crippen LogP contribution in [0.4, 0.5) is 0 Å². The first-order valence-corrected chi connectivity index (χ1v) is 6.53. The summed E-state index contributed by atoms with van der Waals surface area (Å²) >= 11 is 0. The topological polar surface area (TPSA) is 63.4 Å². The van der Waals surface area contributed by atoms with Crippen LogP contribution in [0.5, 0.6) is 0 Å². The summed E-state index contributed by atoms with van der Waals surface area (Å²) in [6.07, 6.45) is 1.78. The van der Waals surface area contributed by atoms with Gasteiger partial charge in [0.05, 0.1) is 0 Å². The molecular formula is C13H27N2O2-. The molecule has 0 spiro atoms. The Balaban J connectivity index is 0.000000302. The monoisotopic (exact) mass is 243 g/mol. The number of hydrogen-bond donors (Lipinski definition) is 2. The highest BCUT2D eigenvalue weighted by Crippen LogP contribution is 2.03. The summed E-state index contributed by atoms with van der Waals surface area (Å²) in [7, 11) is 0. The highest BCUT2D eigenvalue weighted by Gasteiger charge is 2.20. The molecule has 1 aliphatic heterocycles. The van der Waals surface area contributed by atoms with Crippen molar-refractivity contribution in [2.45, 2.75) is 46.6 Å². The van der Waals surface area contributed by atoms with Crippen LogP contribution in [0.1, 0.15) is 40.5 Å². The molecule has 2 N–H and O–H groups in total. The molecule has 0 aromatic heterocycles. The summed E-state index contributed by atoms with van der Waals surface area (Å²) in [5, 5.41) is 15.6. The zero-order chi connectivity index (χ0) is 13.3. The van der Waals surface area contributed by atoms with Gasteiger partial charge in [0.15, 0.2) is 0 Å². The molecule has 1 saturated heterocycles. The third-order valence-corrected chi connectivity index (χ3v) is 2.35. The van der Waals surface area contributed by atoms with Crippen LogP contribution in [-0.4, -0.2) is 36.8 Å². The second-order valence-corrected chi connectivity index (χ2v) is 5.36. The van der Waals surface area contributed by atoms with E-state index in [0.717, 1.165) is 44.3 Å². The van der Waals surface area contributed by atoms with Gasteiger partial charge in [-0.15, -0.1) is 13.1 Å². The summed E-state index contributed by atoms with van der Waals surface area (Å²) < 4.78 is 0. The third kappa shape index (κ3) is 10.3. The lowest BCUT2D eigenvalue weighted by molar-refractivity contribution is -0.139. The Morgan fingerprint density at radius 3 is 2.06 bits per heavy atom. The molecule has 0 amide bonds. The van der Waals surface area contributed by atoms with Crippen LogP contribution in [0.15, 0.2) is 0 Å². The molecule has 17 heavy (non-hydrogen) atoms. The largest absolute Gasteiger partial charge is 0.662 e. The van der Waals surface area contributed by atoms with E-state index in [-0.39, 0.29) is 6.04 Å². The van der Waals surface area contributed by atoms with Crippen LogP contribution >= 0.6 is 0 Å². The van der Waals surface area contributed by atoms with E-state index in [0.29, 0.717) is 0 Å². The van der Waals surface area contributed by atoms with Crippen molar-refractivity contribution < 1.29 is 9.90 Å². The number of nitrogens with one attached hydrogen (secondary N) is 1. The second-order valence-electron chi connectivity index (χ2n) is 5.36. The summed E-state index contributed by atoms with van der Waals surface area (Å²) in [6, 6.07) is -0.269. The van der Waals surface area contributed by atoms with Crippen molar-refractivity contribution in [2.24, 2.45) is 11.8 Å². The zero-order valence-electron chi connectivity index (χ0n) is 11.6. The molecule has 1 fully saturated rings. The Hall–Kier alpha value is -0.610. The number of carboxylic acid groups (broad SMARTS) is 1. The van der Waals surface area contributed by atoms with Crippen molar-refractivity contribution in [2.75, 3.05) is 19.6 Å². The average Bonchev–Trinajstić information content (AvgIpc) is 2.69. The molecule has 4 heteroatoms. The molecule has 0 unspecified atom stereocenters. The van der Waals surface area contributed by atoms with Gasteiger partial charge in [-0.1, -0.05) is 39.5 Å². The fraction of sp³-hybridized carbons (Fsp3) is 0.923. The summed E-state index contributed by atoms with van der Waals surface area (Å²) in [6.45, 7) is 11.7. The fourth-order valence-corrected chi connectivity index (χ4v) is 1.49. The van der Waals surface area contributed by atoms with E-state index in [4.69, 9.17) is 5.11 Å². The minimum absolute atomic E-state index is 0.269. The van der Waals surface area contributed by atoms with Crippen molar-refractivity contribution in [1.29, 1.82) is 0 Å². The molecule has 0 bridgehead atoms. The lowest BCUT2D eigenvalue weighted by Crippen LogP contribution is -2.29. The summed E-state index contributed by atoms with van der Waals surface area (Å²) in [5.41, 5.74) is 0. The van der Waals surface area contributed by atoms with Crippen LogP contribution in [0.2, 0.25) is 0 Å². The van der Waals surface area contributed by atoms with E-state index in [1.165, 1.54) is 0 Å². The summed E-state index contributed by atoms with van der Waals surface area (Å²) in [4.78, 5) is 10.1. The van der Waals surface area contributed by atoms with Crippen molar-refractivity contribution in [3.8, 4) is 0 Å². The Labute approximate surface area is 105 Å². The van der Waals surface area contributed by atoms with Gasteiger partial charge in [-0.2, -0.15) is 0 Å². The first kappa shape index (κ1) is 16.4. The first-order chi connectivity index (χ1) is 7.93. The van der Waals surface area contributed by atoms with Crippen LogP contribution in [0, 0.1) is 11.8 Å². The first-order valence-electron chi connectivity index (χ1n) is 6.53. The number of rotatable bonds is 5. The van der Waals surface area contributed by atoms with Crippen LogP contribution in [-0.2, 0) is 4.79 Å². The van der Waals surface area contributed by atoms with Crippen molar-refractivity contribution >= 4 is 5.97 Å². The highest BCUT2D eigenvalue weighted by atomic mass is 16.4. The number of carbonyl (C=O) groups is 1. The van der Waals surface area contributed by atoms with Gasteiger partial charge in [-0.25, -0.2) is 0 Å². The number of carboxylic acids is 1. The van der Waals surface area contributed by atoms with Gasteiger partial charge in [0.2, 0.25) is 0 Å². The van der Waals surface area contributed by atoms with Gasteiger partial charge in [0.1, 0.15) is 6.04 Å². The molecular weight excluding hydrogens is 216 g/mol. The average molecular weight is 243 g/mol. The molecule has 0 aliphatic carbocycles. The van der Waals surface area contributed by atoms with Gasteiger partial charge in [0, 0.05) is 0 Å². The standard InChI is InChI=1S/C8H18N.C5H9NO2/c1-7(2)5-9-6-8(3)4;7-5(8)4-2-1-3-6-4/h7-8H,5-6H2,1-4H3;4,6H,1-3H2,(H,7,8)/q-1;/t;4-/m.1/s1. The molecule has 1 rings (SSSR count). The van der Waals surface area contributed by atoms with E-state index < -0.39 is 5.97 Å². The zero-order valence-corrected chi connectivity index (χ0v) is 11.6. The molecule has 0 aromatic carbocycles. The molecule has 0 radical (unpaired) electrons. The lowest BCUT2D eigenvalue weighted by Gasteiger charge is -2.23. The Morgan fingerprint density at radius 2 is 1.82 bits per heavy atom. The SMILES string of the molecule is CC(C)C[N-]CC(C)C.O=C(O)[C@H]1CCCN1. The predicted octanol–water partition coefficient (Wildman–Crippen LogP) is 2.50. The van der Waals surface area contributed by atoms with E-state index in [1.54, 1.807) is 0 Å². The number of hydrogen-bond acceptors (Lipinski definition) is 2. The van der Waals surface area contributed by atoms with Gasteiger partial charge in [0.25, 0.3) is 0 Å². The number of aliphatic carboxylic acids is 1. The van der Waals surface area contributed by atoms with Gasteiger partial charge >= 0.3 is 5.97 Å². The Bertz CT molecular complexity index is 192. The van der Waals surface area contributed by atoms with Crippen LogP contribution in [0.3, 0.4) is 0 Å². The van der Waals surface area contributed by atoms with Crippen molar-refractivity contribution in [3.63, 3.8) is 0 Å². The quantitative estimate of drug-likeness (QED) is 0.779. The van der Waals surface area contributed by atoms with E-state index >= 15 is 0 Å². The molecule has 1 heterocycles. The molecule has 4 nitrogen and oxygen atoms in total. The minimum atomic E-state index is -0.720. The smallest absolute Gasteiger partial charge is 0.320 e. The van der Waals surface area contributed by atoms with Crippen molar-refractivity contribution in [3.05, 3.63) is 5.32 Å². The Kier molecular flexibility index (Phi) is 9.09. The predicted molar refractivity (Wildman–Crippen MR) is 71.4 cm³/mol. The summed E-state index contributed by atoms with van der Waals surface area (Å²) in [5.74, 6) is 0.731. The number of nitrogens with zero attached hydrogens (tertiary/aromatic N) is 1. The van der Waals surface area contributed by atoms with Gasteiger partial charge in [-0.05, 0) is 19.4 Å². The van der Waals surface area contributed by atoms with Crippen LogP contribution in [0.25, 0.3) is 5.32 Å². The van der Waals surface area contributed by atoms with Crippen molar-refractivity contribution in [1.82, 2.24) is 5.32 Å². The molecule has 0 aromatic rings. The second kappa shape index (κ2) is 9.42. The van der Waals surface area contributed by atoms with E-state index in [1.807, 2.05) is 0 Å². The van der Waals surface area contributed by atoms with E-state index in [9.17, 15) is 4.79 Å². The van der Waals surface area contributed by atoms with Gasteiger partial charge < -0.3 is 15.7 Å². The lowest BCUT2D eigenvalue weighted by atomic mass is 10.2. The highest BCUT2D eigenvalue weighted by molar-refractivity contribution is 5.73. The van der Waals surface area contributed by atoms with Crippen LogP contribution < -0.4 is 5.32 Å².